The molecule has 1 unspecified atom stereocenters. The van der Waals surface area contributed by atoms with Crippen LogP contribution in [0.4, 0.5) is 0 Å². The molecule has 0 radical (unpaired) electrons. The van der Waals surface area contributed by atoms with Gasteiger partial charge in [-0.3, -0.25) is 0 Å². The van der Waals surface area contributed by atoms with Crippen LogP contribution in [-0.2, 0) is 0 Å². The number of halogens is 1. The van der Waals surface area contributed by atoms with Crippen LogP contribution in [0.15, 0.2) is 42.5 Å². The smallest absolute Gasteiger partial charge is 0.0589 e. The Morgan fingerprint density at radius 1 is 1.05 bits per heavy atom. The van der Waals surface area contributed by atoms with Gasteiger partial charge in [0.05, 0.1) is 6.04 Å². The molecule has 0 fully saturated rings. The standard InChI is InChI=1S/C17H20IN/c1-4-19-17(15-7-5-6-8-16(15)18)14-10-9-12(2)11-13(14)3/h5-11,17,19H,4H2,1-3H3. The third-order valence-corrected chi connectivity index (χ3v) is 4.34. The second-order valence-electron chi connectivity index (χ2n) is 4.87. The number of benzene rings is 2. The summed E-state index contributed by atoms with van der Waals surface area (Å²) in [4.78, 5) is 0. The van der Waals surface area contributed by atoms with Crippen LogP contribution >= 0.6 is 22.6 Å². The number of rotatable bonds is 4. The molecule has 0 saturated heterocycles. The Bertz CT molecular complexity index is 563. The van der Waals surface area contributed by atoms with Crippen molar-refractivity contribution >= 4 is 22.6 Å². The normalized spacial score (nSPS) is 12.4. The minimum atomic E-state index is 0.277. The van der Waals surface area contributed by atoms with Crippen LogP contribution in [0.3, 0.4) is 0 Å². The number of hydrogen-bond donors (Lipinski definition) is 1. The average Bonchev–Trinajstić information content (AvgIpc) is 2.38. The first-order valence-electron chi connectivity index (χ1n) is 6.68. The van der Waals surface area contributed by atoms with Crippen LogP contribution < -0.4 is 5.32 Å². The van der Waals surface area contributed by atoms with Crippen molar-refractivity contribution in [2.24, 2.45) is 0 Å². The largest absolute Gasteiger partial charge is 0.306 e. The fraction of sp³-hybridized carbons (Fsp3) is 0.294. The van der Waals surface area contributed by atoms with E-state index in [0.29, 0.717) is 0 Å². The van der Waals surface area contributed by atoms with E-state index in [0.717, 1.165) is 6.54 Å². The van der Waals surface area contributed by atoms with Crippen molar-refractivity contribution in [2.45, 2.75) is 26.8 Å². The van der Waals surface area contributed by atoms with Gasteiger partial charge >= 0.3 is 0 Å². The first-order chi connectivity index (χ1) is 9.13. The van der Waals surface area contributed by atoms with Gasteiger partial charge in [0.1, 0.15) is 0 Å². The van der Waals surface area contributed by atoms with E-state index in [1.54, 1.807) is 0 Å². The molecule has 0 heterocycles. The Morgan fingerprint density at radius 3 is 2.42 bits per heavy atom. The predicted molar refractivity (Wildman–Crippen MR) is 90.6 cm³/mol. The zero-order valence-corrected chi connectivity index (χ0v) is 13.9. The van der Waals surface area contributed by atoms with Crippen molar-refractivity contribution in [3.8, 4) is 0 Å². The Kier molecular flexibility index (Phi) is 4.99. The van der Waals surface area contributed by atoms with E-state index in [9.17, 15) is 0 Å². The minimum absolute atomic E-state index is 0.277. The fourth-order valence-corrected chi connectivity index (χ4v) is 3.15. The highest BCUT2D eigenvalue weighted by molar-refractivity contribution is 14.1. The van der Waals surface area contributed by atoms with Crippen LogP contribution in [0.1, 0.15) is 35.2 Å². The first kappa shape index (κ1) is 14.5. The first-order valence-corrected chi connectivity index (χ1v) is 7.76. The molecule has 0 amide bonds. The summed E-state index contributed by atoms with van der Waals surface area (Å²) < 4.78 is 1.31. The molecule has 0 aliphatic heterocycles. The minimum Gasteiger partial charge on any atom is -0.306 e. The van der Waals surface area contributed by atoms with E-state index in [4.69, 9.17) is 0 Å². The number of aryl methyl sites for hydroxylation is 2. The molecule has 19 heavy (non-hydrogen) atoms. The Balaban J connectivity index is 2.48. The Hall–Kier alpha value is -0.870. The lowest BCUT2D eigenvalue weighted by molar-refractivity contribution is 0.625. The maximum atomic E-state index is 3.61. The summed E-state index contributed by atoms with van der Waals surface area (Å²) in [6.07, 6.45) is 0. The molecule has 1 N–H and O–H groups in total. The molecular weight excluding hydrogens is 345 g/mol. The van der Waals surface area contributed by atoms with E-state index in [1.165, 1.54) is 25.8 Å². The van der Waals surface area contributed by atoms with Gasteiger partial charge in [0.25, 0.3) is 0 Å². The summed E-state index contributed by atoms with van der Waals surface area (Å²) in [5.74, 6) is 0. The summed E-state index contributed by atoms with van der Waals surface area (Å²) in [7, 11) is 0. The lowest BCUT2D eigenvalue weighted by Crippen LogP contribution is -2.23. The van der Waals surface area contributed by atoms with Gasteiger partial charge in [-0.25, -0.2) is 0 Å². The van der Waals surface area contributed by atoms with Crippen LogP contribution in [0.25, 0.3) is 0 Å². The van der Waals surface area contributed by atoms with Gasteiger partial charge in [0, 0.05) is 3.57 Å². The summed E-state index contributed by atoms with van der Waals surface area (Å²) in [5.41, 5.74) is 5.40. The van der Waals surface area contributed by atoms with Crippen molar-refractivity contribution in [3.05, 3.63) is 68.3 Å². The maximum absolute atomic E-state index is 3.61. The molecule has 100 valence electrons. The van der Waals surface area contributed by atoms with Crippen molar-refractivity contribution < 1.29 is 0 Å². The van der Waals surface area contributed by atoms with Gasteiger partial charge in [-0.1, -0.05) is 48.9 Å². The van der Waals surface area contributed by atoms with Gasteiger partial charge in [0.15, 0.2) is 0 Å². The highest BCUT2D eigenvalue weighted by Crippen LogP contribution is 2.28. The van der Waals surface area contributed by atoms with Crippen molar-refractivity contribution in [3.63, 3.8) is 0 Å². The highest BCUT2D eigenvalue weighted by atomic mass is 127. The van der Waals surface area contributed by atoms with Crippen LogP contribution in [0, 0.1) is 17.4 Å². The van der Waals surface area contributed by atoms with Gasteiger partial charge in [-0.2, -0.15) is 0 Å². The van der Waals surface area contributed by atoms with Crippen molar-refractivity contribution in [2.75, 3.05) is 6.54 Å². The fourth-order valence-electron chi connectivity index (χ4n) is 2.45. The lowest BCUT2D eigenvalue weighted by atomic mass is 9.94. The van der Waals surface area contributed by atoms with Crippen LogP contribution in [0.2, 0.25) is 0 Å². The number of hydrogen-bond acceptors (Lipinski definition) is 1. The Morgan fingerprint density at radius 2 is 1.79 bits per heavy atom. The van der Waals surface area contributed by atoms with Crippen molar-refractivity contribution in [1.82, 2.24) is 5.32 Å². The third kappa shape index (κ3) is 3.37. The maximum Gasteiger partial charge on any atom is 0.0589 e. The summed E-state index contributed by atoms with van der Waals surface area (Å²) in [5, 5.41) is 3.61. The molecule has 0 aromatic heterocycles. The van der Waals surface area contributed by atoms with Crippen LogP contribution in [-0.4, -0.2) is 6.54 Å². The van der Waals surface area contributed by atoms with E-state index in [-0.39, 0.29) is 6.04 Å². The molecule has 0 aliphatic carbocycles. The summed E-state index contributed by atoms with van der Waals surface area (Å²) in [6.45, 7) is 7.46. The van der Waals surface area contributed by atoms with E-state index in [2.05, 4.69) is 91.1 Å². The van der Waals surface area contributed by atoms with Crippen molar-refractivity contribution in [1.29, 1.82) is 0 Å². The third-order valence-electron chi connectivity index (χ3n) is 3.36. The molecule has 0 bridgehead atoms. The van der Waals surface area contributed by atoms with Gasteiger partial charge in [-0.05, 0) is 65.7 Å². The molecule has 0 aliphatic rings. The van der Waals surface area contributed by atoms with Gasteiger partial charge in [-0.15, -0.1) is 0 Å². The second-order valence-corrected chi connectivity index (χ2v) is 6.03. The van der Waals surface area contributed by atoms with E-state index >= 15 is 0 Å². The van der Waals surface area contributed by atoms with E-state index in [1.807, 2.05) is 0 Å². The Labute approximate surface area is 129 Å². The van der Waals surface area contributed by atoms with Gasteiger partial charge in [0.2, 0.25) is 0 Å². The number of nitrogens with one attached hydrogen (secondary N) is 1. The van der Waals surface area contributed by atoms with Gasteiger partial charge < -0.3 is 5.32 Å². The zero-order chi connectivity index (χ0) is 13.8. The molecular formula is C17H20IN. The molecule has 2 aromatic carbocycles. The monoisotopic (exact) mass is 365 g/mol. The topological polar surface area (TPSA) is 12.0 Å². The molecule has 2 rings (SSSR count). The van der Waals surface area contributed by atoms with E-state index < -0.39 is 0 Å². The SMILES string of the molecule is CCNC(c1ccc(C)cc1C)c1ccccc1I. The predicted octanol–water partition coefficient (Wildman–Crippen LogP) is 4.61. The molecule has 2 aromatic rings. The average molecular weight is 365 g/mol. The summed E-state index contributed by atoms with van der Waals surface area (Å²) in [6, 6.07) is 15.6. The van der Waals surface area contributed by atoms with Crippen LogP contribution in [0.5, 0.6) is 0 Å². The molecule has 1 nitrogen and oxygen atoms in total. The highest BCUT2D eigenvalue weighted by Gasteiger charge is 2.17. The molecule has 1 atom stereocenters. The molecule has 2 heteroatoms. The summed E-state index contributed by atoms with van der Waals surface area (Å²) >= 11 is 2.42. The lowest BCUT2D eigenvalue weighted by Gasteiger charge is -2.22. The second kappa shape index (κ2) is 6.53. The zero-order valence-electron chi connectivity index (χ0n) is 11.7. The molecule has 0 saturated carbocycles. The quantitative estimate of drug-likeness (QED) is 0.781. The molecule has 0 spiro atoms.